The molecular weight excluding hydrogens is 334 g/mol. The Morgan fingerprint density at radius 3 is 2.38 bits per heavy atom. The van der Waals surface area contributed by atoms with Crippen molar-refractivity contribution in [1.82, 2.24) is 5.32 Å². The molecule has 2 N–H and O–H groups in total. The van der Waals surface area contributed by atoms with Crippen LogP contribution in [0.4, 0.5) is 5.69 Å². The average Bonchev–Trinajstić information content (AvgIpc) is 2.62. The summed E-state index contributed by atoms with van der Waals surface area (Å²) in [5.74, 6) is -0.615. The topological polar surface area (TPSA) is 108 Å². The third kappa shape index (κ3) is 6.20. The predicted octanol–water partition coefficient (Wildman–Crippen LogP) is 2.39. The van der Waals surface area contributed by atoms with E-state index in [1.54, 1.807) is 6.07 Å². The first-order chi connectivity index (χ1) is 12.5. The molecule has 1 fully saturated rings. The van der Waals surface area contributed by atoms with E-state index in [4.69, 9.17) is 10.00 Å². The summed E-state index contributed by atoms with van der Waals surface area (Å²) in [5, 5.41) is 13.9. The van der Waals surface area contributed by atoms with Crippen LogP contribution >= 0.6 is 0 Å². The summed E-state index contributed by atoms with van der Waals surface area (Å²) in [6.45, 7) is 1.89. The number of carbonyl (C=O) groups is 3. The van der Waals surface area contributed by atoms with E-state index in [-0.39, 0.29) is 30.5 Å². The van der Waals surface area contributed by atoms with Gasteiger partial charge in [0.2, 0.25) is 5.91 Å². The second-order valence-corrected chi connectivity index (χ2v) is 6.56. The number of carbonyl (C=O) groups excluding carboxylic acids is 3. The Morgan fingerprint density at radius 2 is 1.77 bits per heavy atom. The minimum Gasteiger partial charge on any atom is -0.452 e. The van der Waals surface area contributed by atoms with Crippen molar-refractivity contribution in [3.63, 3.8) is 0 Å². The van der Waals surface area contributed by atoms with Gasteiger partial charge in [0.25, 0.3) is 5.91 Å². The van der Waals surface area contributed by atoms with E-state index in [1.165, 1.54) is 24.3 Å². The van der Waals surface area contributed by atoms with E-state index < -0.39 is 11.9 Å². The lowest BCUT2D eigenvalue weighted by molar-refractivity contribution is -0.125. The molecule has 0 unspecified atom stereocenters. The molecule has 0 aliphatic heterocycles. The van der Waals surface area contributed by atoms with Crippen LogP contribution in [0.5, 0.6) is 0 Å². The van der Waals surface area contributed by atoms with Gasteiger partial charge in [-0.25, -0.2) is 4.79 Å². The number of rotatable bonds is 6. The molecule has 1 aromatic rings. The third-order valence-corrected chi connectivity index (χ3v) is 4.36. The van der Waals surface area contributed by atoms with Gasteiger partial charge in [-0.15, -0.1) is 0 Å². The molecule has 1 aliphatic carbocycles. The van der Waals surface area contributed by atoms with Gasteiger partial charge in [-0.05, 0) is 55.9 Å². The molecule has 7 nitrogen and oxygen atoms in total. The first kappa shape index (κ1) is 19.4. The van der Waals surface area contributed by atoms with Crippen molar-refractivity contribution in [3.8, 4) is 6.07 Å². The number of nitrogens with zero attached hydrogens (tertiary/aromatic N) is 1. The summed E-state index contributed by atoms with van der Waals surface area (Å²) in [7, 11) is 0. The van der Waals surface area contributed by atoms with E-state index in [1.807, 2.05) is 0 Å². The van der Waals surface area contributed by atoms with Crippen LogP contribution in [0.3, 0.4) is 0 Å². The molecule has 7 heteroatoms. The van der Waals surface area contributed by atoms with Gasteiger partial charge < -0.3 is 15.4 Å². The van der Waals surface area contributed by atoms with Crippen molar-refractivity contribution in [1.29, 1.82) is 5.26 Å². The molecule has 0 saturated heterocycles. The zero-order chi connectivity index (χ0) is 18.9. The van der Waals surface area contributed by atoms with Crippen molar-refractivity contribution < 1.29 is 19.1 Å². The molecule has 1 aromatic carbocycles. The molecule has 0 radical (unpaired) electrons. The van der Waals surface area contributed by atoms with E-state index in [0.717, 1.165) is 25.7 Å². The highest BCUT2D eigenvalue weighted by atomic mass is 16.5. The first-order valence-electron chi connectivity index (χ1n) is 8.71. The summed E-state index contributed by atoms with van der Waals surface area (Å²) in [4.78, 5) is 35.2. The normalized spacial score (nSPS) is 19.1. The lowest BCUT2D eigenvalue weighted by Crippen LogP contribution is -2.39. The Bertz CT molecular complexity index is 686. The highest BCUT2D eigenvalue weighted by Gasteiger charge is 2.20. The maximum Gasteiger partial charge on any atom is 0.338 e. The number of nitriles is 1. The summed E-state index contributed by atoms with van der Waals surface area (Å²) in [5.41, 5.74) is 0.758. The summed E-state index contributed by atoms with van der Waals surface area (Å²) < 4.78 is 5.03. The van der Waals surface area contributed by atoms with Crippen LogP contribution in [0.25, 0.3) is 0 Å². The molecule has 1 aliphatic rings. The fourth-order valence-corrected chi connectivity index (χ4v) is 2.85. The van der Waals surface area contributed by atoms with Gasteiger partial charge in [0.05, 0.1) is 11.6 Å². The molecule has 2 amide bonds. The highest BCUT2D eigenvalue weighted by molar-refractivity contribution is 5.94. The fraction of sp³-hybridized carbons (Fsp3) is 0.474. The Kier molecular flexibility index (Phi) is 7.15. The van der Waals surface area contributed by atoms with Gasteiger partial charge in [-0.3, -0.25) is 9.59 Å². The monoisotopic (exact) mass is 357 g/mol. The van der Waals surface area contributed by atoms with Gasteiger partial charge >= 0.3 is 5.97 Å². The molecule has 26 heavy (non-hydrogen) atoms. The quantitative estimate of drug-likeness (QED) is 0.760. The van der Waals surface area contributed by atoms with Gasteiger partial charge in [0.1, 0.15) is 6.42 Å². The highest BCUT2D eigenvalue weighted by Crippen LogP contribution is 2.23. The molecule has 2 rings (SSSR count). The Labute approximate surface area is 152 Å². The van der Waals surface area contributed by atoms with E-state index in [2.05, 4.69) is 17.6 Å². The third-order valence-electron chi connectivity index (χ3n) is 4.36. The molecule has 0 aromatic heterocycles. The molecular formula is C19H23N3O4. The van der Waals surface area contributed by atoms with Gasteiger partial charge in [-0.1, -0.05) is 6.92 Å². The number of hydrogen-bond acceptors (Lipinski definition) is 5. The van der Waals surface area contributed by atoms with Crippen molar-refractivity contribution >= 4 is 23.5 Å². The minimum atomic E-state index is -0.604. The lowest BCUT2D eigenvalue weighted by atomic mass is 9.87. The van der Waals surface area contributed by atoms with Crippen molar-refractivity contribution in [3.05, 3.63) is 29.8 Å². The lowest BCUT2D eigenvalue weighted by Gasteiger charge is -2.26. The number of anilines is 1. The Balaban J connectivity index is 1.76. The second-order valence-electron chi connectivity index (χ2n) is 6.56. The van der Waals surface area contributed by atoms with Gasteiger partial charge in [0, 0.05) is 11.7 Å². The van der Waals surface area contributed by atoms with Gasteiger partial charge in [0.15, 0.2) is 6.61 Å². The number of amides is 2. The first-order valence-corrected chi connectivity index (χ1v) is 8.71. The molecule has 138 valence electrons. The number of benzene rings is 1. The van der Waals surface area contributed by atoms with E-state index in [0.29, 0.717) is 11.6 Å². The molecule has 1 saturated carbocycles. The Hall–Kier alpha value is -2.88. The number of ether oxygens (including phenoxy) is 1. The minimum absolute atomic E-state index is 0.161. The molecule has 0 heterocycles. The smallest absolute Gasteiger partial charge is 0.338 e. The largest absolute Gasteiger partial charge is 0.452 e. The second kappa shape index (κ2) is 9.56. The van der Waals surface area contributed by atoms with Crippen LogP contribution in [0.1, 0.15) is 49.4 Å². The van der Waals surface area contributed by atoms with E-state index >= 15 is 0 Å². The van der Waals surface area contributed by atoms with Crippen LogP contribution in [-0.4, -0.2) is 30.4 Å². The summed E-state index contributed by atoms with van der Waals surface area (Å²) >= 11 is 0. The SMILES string of the molecule is CC1CCC(NC(=O)COC(=O)c2ccc(NC(=O)CC#N)cc2)CC1. The van der Waals surface area contributed by atoms with Crippen LogP contribution in [0.2, 0.25) is 0 Å². The van der Waals surface area contributed by atoms with Crippen molar-refractivity contribution in [2.24, 2.45) is 5.92 Å². The maximum atomic E-state index is 12.0. The van der Waals surface area contributed by atoms with E-state index in [9.17, 15) is 14.4 Å². The zero-order valence-corrected chi connectivity index (χ0v) is 14.8. The number of esters is 1. The van der Waals surface area contributed by atoms with Crippen LogP contribution in [0, 0.1) is 17.2 Å². The molecule has 0 spiro atoms. The van der Waals surface area contributed by atoms with Crippen molar-refractivity contribution in [2.45, 2.75) is 45.1 Å². The van der Waals surface area contributed by atoms with Gasteiger partial charge in [-0.2, -0.15) is 5.26 Å². The fourth-order valence-electron chi connectivity index (χ4n) is 2.85. The summed E-state index contributed by atoms with van der Waals surface area (Å²) in [6.07, 6.45) is 3.88. The zero-order valence-electron chi connectivity index (χ0n) is 14.8. The standard InChI is InChI=1S/C19H23N3O4/c1-13-2-6-15(7-3-13)22-18(24)12-26-19(25)14-4-8-16(9-5-14)21-17(23)10-11-20/h4-5,8-9,13,15H,2-3,6-7,10,12H2,1H3,(H,21,23)(H,22,24). The Morgan fingerprint density at radius 1 is 1.12 bits per heavy atom. The van der Waals surface area contributed by atoms with Crippen LogP contribution < -0.4 is 10.6 Å². The summed E-state index contributed by atoms with van der Waals surface area (Å²) in [6, 6.07) is 7.97. The molecule has 0 atom stereocenters. The average molecular weight is 357 g/mol. The predicted molar refractivity (Wildman–Crippen MR) is 95.1 cm³/mol. The number of hydrogen-bond donors (Lipinski definition) is 2. The molecule has 0 bridgehead atoms. The van der Waals surface area contributed by atoms with Crippen LogP contribution in [-0.2, 0) is 14.3 Å². The maximum absolute atomic E-state index is 12.0. The van der Waals surface area contributed by atoms with Crippen molar-refractivity contribution in [2.75, 3.05) is 11.9 Å². The van der Waals surface area contributed by atoms with Crippen LogP contribution in [0.15, 0.2) is 24.3 Å². The number of nitrogens with one attached hydrogen (secondary N) is 2.